The average molecular weight is 238 g/mol. The molecule has 2 aliphatic rings. The Labute approximate surface area is 92.8 Å². The van der Waals surface area contributed by atoms with Crippen molar-refractivity contribution in [2.75, 3.05) is 6.61 Å². The van der Waals surface area contributed by atoms with Crippen LogP contribution in [0, 0.1) is 17.8 Å². The third kappa shape index (κ3) is 2.20. The van der Waals surface area contributed by atoms with E-state index in [4.69, 9.17) is 4.74 Å². The summed E-state index contributed by atoms with van der Waals surface area (Å²) < 4.78 is 43.5. The molecule has 5 atom stereocenters. The highest BCUT2D eigenvalue weighted by Gasteiger charge is 2.51. The molecular formula is C11H17F3O2. The van der Waals surface area contributed by atoms with E-state index in [-0.39, 0.29) is 43.5 Å². The first kappa shape index (κ1) is 12.2. The number of alkyl halides is 3. The van der Waals surface area contributed by atoms with Crippen LogP contribution in [0.3, 0.4) is 0 Å². The van der Waals surface area contributed by atoms with Crippen molar-refractivity contribution in [1.82, 2.24) is 0 Å². The van der Waals surface area contributed by atoms with E-state index in [0.29, 0.717) is 0 Å². The van der Waals surface area contributed by atoms with Gasteiger partial charge in [0.2, 0.25) is 0 Å². The second-order valence-electron chi connectivity index (χ2n) is 5.04. The molecule has 1 heterocycles. The van der Waals surface area contributed by atoms with Crippen molar-refractivity contribution in [3.8, 4) is 0 Å². The lowest BCUT2D eigenvalue weighted by Gasteiger charge is -2.37. The van der Waals surface area contributed by atoms with Crippen molar-refractivity contribution >= 4 is 0 Å². The minimum absolute atomic E-state index is 0.0241. The Bertz CT molecular complexity index is 246. The molecule has 1 saturated carbocycles. The van der Waals surface area contributed by atoms with Gasteiger partial charge < -0.3 is 9.84 Å². The van der Waals surface area contributed by atoms with Crippen molar-refractivity contribution in [3.63, 3.8) is 0 Å². The van der Waals surface area contributed by atoms with E-state index in [0.717, 1.165) is 6.42 Å². The van der Waals surface area contributed by atoms with Gasteiger partial charge in [-0.1, -0.05) is 0 Å². The van der Waals surface area contributed by atoms with E-state index in [9.17, 15) is 18.3 Å². The minimum Gasteiger partial charge on any atom is -0.396 e. The fraction of sp³-hybridized carbons (Fsp3) is 1.00. The summed E-state index contributed by atoms with van der Waals surface area (Å²) in [7, 11) is 0. The standard InChI is InChI=1S/C11H17F3O2/c1-6-2-9-7(5-15)3-8(11(12,13)14)4-10(9)16-6/h6-10,15H,2-5H2,1H3/t6-,7+,8-,9+,10+/m0/s1. The first-order chi connectivity index (χ1) is 7.41. The molecule has 5 heteroatoms. The summed E-state index contributed by atoms with van der Waals surface area (Å²) in [5, 5.41) is 9.18. The van der Waals surface area contributed by atoms with Crippen LogP contribution >= 0.6 is 0 Å². The van der Waals surface area contributed by atoms with E-state index < -0.39 is 12.1 Å². The summed E-state index contributed by atoms with van der Waals surface area (Å²) in [6.07, 6.45) is -3.55. The zero-order valence-electron chi connectivity index (χ0n) is 9.20. The lowest BCUT2D eigenvalue weighted by Crippen LogP contribution is -2.40. The van der Waals surface area contributed by atoms with Crippen LogP contribution in [0.1, 0.15) is 26.2 Å². The molecule has 0 bridgehead atoms. The minimum atomic E-state index is -4.16. The topological polar surface area (TPSA) is 29.5 Å². The zero-order valence-corrected chi connectivity index (χ0v) is 9.20. The summed E-state index contributed by atoms with van der Waals surface area (Å²) >= 11 is 0. The highest BCUT2D eigenvalue weighted by molar-refractivity contribution is 4.93. The predicted molar refractivity (Wildman–Crippen MR) is 51.8 cm³/mol. The highest BCUT2D eigenvalue weighted by atomic mass is 19.4. The number of rotatable bonds is 1. The van der Waals surface area contributed by atoms with Crippen molar-refractivity contribution in [3.05, 3.63) is 0 Å². The first-order valence-electron chi connectivity index (χ1n) is 5.75. The first-order valence-corrected chi connectivity index (χ1v) is 5.75. The van der Waals surface area contributed by atoms with Crippen LogP contribution in [0.4, 0.5) is 13.2 Å². The molecule has 2 fully saturated rings. The molecule has 2 rings (SSSR count). The van der Waals surface area contributed by atoms with E-state index in [1.807, 2.05) is 6.92 Å². The highest BCUT2D eigenvalue weighted by Crippen LogP contribution is 2.47. The Morgan fingerprint density at radius 1 is 1.25 bits per heavy atom. The van der Waals surface area contributed by atoms with Gasteiger partial charge in [0, 0.05) is 6.61 Å². The Morgan fingerprint density at radius 3 is 2.50 bits per heavy atom. The van der Waals surface area contributed by atoms with Crippen molar-refractivity contribution in [2.45, 2.75) is 44.6 Å². The molecule has 0 radical (unpaired) electrons. The van der Waals surface area contributed by atoms with Crippen LogP contribution in [0.25, 0.3) is 0 Å². The summed E-state index contributed by atoms with van der Waals surface area (Å²) in [5.74, 6) is -1.45. The molecule has 0 unspecified atom stereocenters. The monoisotopic (exact) mass is 238 g/mol. The molecule has 94 valence electrons. The van der Waals surface area contributed by atoms with Gasteiger partial charge in [0.1, 0.15) is 0 Å². The Balaban J connectivity index is 2.10. The molecular weight excluding hydrogens is 221 g/mol. The quantitative estimate of drug-likeness (QED) is 0.760. The number of aliphatic hydroxyl groups is 1. The van der Waals surface area contributed by atoms with Gasteiger partial charge in [-0.3, -0.25) is 0 Å². The Hall–Kier alpha value is -0.290. The van der Waals surface area contributed by atoms with Gasteiger partial charge >= 0.3 is 6.18 Å². The summed E-state index contributed by atoms with van der Waals surface area (Å²) in [6, 6.07) is 0. The third-order valence-electron chi connectivity index (χ3n) is 3.90. The molecule has 1 saturated heterocycles. The van der Waals surface area contributed by atoms with E-state index in [1.165, 1.54) is 0 Å². The van der Waals surface area contributed by atoms with Crippen LogP contribution < -0.4 is 0 Å². The summed E-state index contributed by atoms with van der Waals surface area (Å²) in [4.78, 5) is 0. The van der Waals surface area contributed by atoms with Gasteiger partial charge in [-0.2, -0.15) is 13.2 Å². The molecule has 16 heavy (non-hydrogen) atoms. The maximum Gasteiger partial charge on any atom is 0.391 e. The molecule has 0 aromatic heterocycles. The number of aliphatic hydroxyl groups excluding tert-OH is 1. The van der Waals surface area contributed by atoms with E-state index in [1.54, 1.807) is 0 Å². The molecule has 1 N–H and O–H groups in total. The van der Waals surface area contributed by atoms with E-state index >= 15 is 0 Å². The fourth-order valence-electron chi connectivity index (χ4n) is 3.11. The molecule has 1 aliphatic heterocycles. The van der Waals surface area contributed by atoms with Crippen molar-refractivity contribution in [1.29, 1.82) is 0 Å². The fourth-order valence-corrected chi connectivity index (χ4v) is 3.11. The predicted octanol–water partition coefficient (Wildman–Crippen LogP) is 2.36. The second kappa shape index (κ2) is 4.18. The maximum absolute atomic E-state index is 12.7. The van der Waals surface area contributed by atoms with Crippen LogP contribution in [0.2, 0.25) is 0 Å². The van der Waals surface area contributed by atoms with Crippen LogP contribution in [-0.4, -0.2) is 30.1 Å². The third-order valence-corrected chi connectivity index (χ3v) is 3.90. The van der Waals surface area contributed by atoms with Gasteiger partial charge in [0.05, 0.1) is 18.1 Å². The molecule has 0 spiro atoms. The summed E-state index contributed by atoms with van der Waals surface area (Å²) in [5.41, 5.74) is 0. The number of ether oxygens (including phenoxy) is 1. The number of hydrogen-bond donors (Lipinski definition) is 1. The van der Waals surface area contributed by atoms with Gasteiger partial charge in [-0.15, -0.1) is 0 Å². The zero-order chi connectivity index (χ0) is 11.9. The van der Waals surface area contributed by atoms with Crippen molar-refractivity contribution < 1.29 is 23.0 Å². The van der Waals surface area contributed by atoms with Gasteiger partial charge in [0.25, 0.3) is 0 Å². The van der Waals surface area contributed by atoms with Crippen LogP contribution in [0.5, 0.6) is 0 Å². The van der Waals surface area contributed by atoms with Crippen LogP contribution in [0.15, 0.2) is 0 Å². The maximum atomic E-state index is 12.7. The molecule has 0 aromatic rings. The number of halogens is 3. The molecule has 2 nitrogen and oxygen atoms in total. The number of hydrogen-bond acceptors (Lipinski definition) is 2. The van der Waals surface area contributed by atoms with Crippen molar-refractivity contribution in [2.24, 2.45) is 17.8 Å². The van der Waals surface area contributed by atoms with Gasteiger partial charge in [0.15, 0.2) is 0 Å². The summed E-state index contributed by atoms with van der Waals surface area (Å²) in [6.45, 7) is 1.72. The lowest BCUT2D eigenvalue weighted by atomic mass is 9.72. The van der Waals surface area contributed by atoms with E-state index in [2.05, 4.69) is 0 Å². The second-order valence-corrected chi connectivity index (χ2v) is 5.04. The van der Waals surface area contributed by atoms with Gasteiger partial charge in [-0.05, 0) is 38.0 Å². The SMILES string of the molecule is C[C@H]1C[C@@H]2[C@@H](CO)C[C@H](C(F)(F)F)C[C@H]2O1. The number of fused-ring (bicyclic) bond motifs is 1. The lowest BCUT2D eigenvalue weighted by molar-refractivity contribution is -0.200. The average Bonchev–Trinajstić information content (AvgIpc) is 2.54. The molecule has 1 aliphatic carbocycles. The normalized spacial score (nSPS) is 44.4. The largest absolute Gasteiger partial charge is 0.396 e. The Kier molecular flexibility index (Phi) is 3.18. The smallest absolute Gasteiger partial charge is 0.391 e. The van der Waals surface area contributed by atoms with Crippen LogP contribution in [-0.2, 0) is 4.74 Å². The Morgan fingerprint density at radius 2 is 1.94 bits per heavy atom. The van der Waals surface area contributed by atoms with Gasteiger partial charge in [-0.25, -0.2) is 0 Å². The molecule has 0 aromatic carbocycles. The molecule has 0 amide bonds.